The van der Waals surface area contributed by atoms with Crippen LogP contribution in [0.1, 0.15) is 21.6 Å². The maximum absolute atomic E-state index is 11.9. The van der Waals surface area contributed by atoms with E-state index in [-0.39, 0.29) is 5.91 Å². The number of amides is 1. The number of nitrogens with zero attached hydrogens (tertiary/aromatic N) is 1. The molecule has 2 aromatic heterocycles. The predicted octanol–water partition coefficient (Wildman–Crippen LogP) is 2.80. The quantitative estimate of drug-likeness (QED) is 0.765. The predicted molar refractivity (Wildman–Crippen MR) is 78.4 cm³/mol. The van der Waals surface area contributed by atoms with Gasteiger partial charge in [-0.15, -0.1) is 0 Å². The van der Waals surface area contributed by atoms with E-state index >= 15 is 0 Å². The van der Waals surface area contributed by atoms with Gasteiger partial charge in [0.2, 0.25) is 0 Å². The van der Waals surface area contributed by atoms with E-state index in [1.165, 1.54) is 0 Å². The average Bonchev–Trinajstić information content (AvgIpc) is 2.85. The van der Waals surface area contributed by atoms with Crippen molar-refractivity contribution in [3.05, 3.63) is 65.6 Å². The minimum atomic E-state index is -0.0854. The van der Waals surface area contributed by atoms with Crippen molar-refractivity contribution in [1.82, 2.24) is 15.3 Å². The minimum absolute atomic E-state index is 0.0854. The number of rotatable bonds is 3. The molecule has 0 aliphatic heterocycles. The third-order valence-electron chi connectivity index (χ3n) is 3.22. The Hall–Kier alpha value is -2.62. The van der Waals surface area contributed by atoms with Gasteiger partial charge in [0, 0.05) is 35.7 Å². The van der Waals surface area contributed by atoms with Crippen molar-refractivity contribution in [3.63, 3.8) is 0 Å². The van der Waals surface area contributed by atoms with Gasteiger partial charge >= 0.3 is 0 Å². The molecule has 3 rings (SSSR count). The molecule has 0 bridgehead atoms. The van der Waals surface area contributed by atoms with Crippen LogP contribution in [0.5, 0.6) is 0 Å². The zero-order valence-corrected chi connectivity index (χ0v) is 11.2. The summed E-state index contributed by atoms with van der Waals surface area (Å²) >= 11 is 0. The Morgan fingerprint density at radius 1 is 1.20 bits per heavy atom. The number of nitrogens with one attached hydrogen (secondary N) is 2. The number of hydrogen-bond donors (Lipinski definition) is 2. The first-order chi connectivity index (χ1) is 9.72. The number of aryl methyl sites for hydroxylation is 1. The van der Waals surface area contributed by atoms with Crippen molar-refractivity contribution < 1.29 is 4.79 Å². The second-order valence-corrected chi connectivity index (χ2v) is 4.79. The van der Waals surface area contributed by atoms with Crippen LogP contribution in [0.15, 0.2) is 48.8 Å². The highest BCUT2D eigenvalue weighted by atomic mass is 16.1. The zero-order valence-electron chi connectivity index (χ0n) is 11.2. The van der Waals surface area contributed by atoms with E-state index in [9.17, 15) is 4.79 Å². The van der Waals surface area contributed by atoms with Gasteiger partial charge in [-0.25, -0.2) is 0 Å². The van der Waals surface area contributed by atoms with E-state index < -0.39 is 0 Å². The van der Waals surface area contributed by atoms with Crippen LogP contribution in [-0.2, 0) is 6.54 Å². The van der Waals surface area contributed by atoms with E-state index in [2.05, 4.69) is 27.4 Å². The Morgan fingerprint density at radius 3 is 2.80 bits per heavy atom. The molecule has 0 unspecified atom stereocenters. The standard InChI is InChI=1S/C16H15N3O/c1-11-8-14-9-12(2-3-15(14)19-11)10-18-16(20)13-4-6-17-7-5-13/h2-9,19H,10H2,1H3,(H,18,20). The van der Waals surface area contributed by atoms with Crippen molar-refractivity contribution in [3.8, 4) is 0 Å². The number of aromatic nitrogens is 2. The van der Waals surface area contributed by atoms with E-state index in [0.717, 1.165) is 22.2 Å². The molecule has 20 heavy (non-hydrogen) atoms. The van der Waals surface area contributed by atoms with Crippen LogP contribution >= 0.6 is 0 Å². The molecule has 4 heteroatoms. The summed E-state index contributed by atoms with van der Waals surface area (Å²) in [6.45, 7) is 2.55. The Balaban J connectivity index is 1.72. The minimum Gasteiger partial charge on any atom is -0.359 e. The van der Waals surface area contributed by atoms with Gasteiger partial charge in [-0.1, -0.05) is 6.07 Å². The van der Waals surface area contributed by atoms with Crippen LogP contribution in [0.2, 0.25) is 0 Å². The number of carbonyl (C=O) groups is 1. The van der Waals surface area contributed by atoms with Crippen LogP contribution in [0.3, 0.4) is 0 Å². The SMILES string of the molecule is Cc1cc2cc(CNC(=O)c3ccncc3)ccc2[nH]1. The smallest absolute Gasteiger partial charge is 0.251 e. The first-order valence-corrected chi connectivity index (χ1v) is 6.49. The van der Waals surface area contributed by atoms with Crippen molar-refractivity contribution in [2.45, 2.75) is 13.5 Å². The Labute approximate surface area is 116 Å². The summed E-state index contributed by atoms with van der Waals surface area (Å²) in [6.07, 6.45) is 3.23. The average molecular weight is 265 g/mol. The maximum atomic E-state index is 11.9. The molecule has 0 fully saturated rings. The van der Waals surface area contributed by atoms with Crippen LogP contribution < -0.4 is 5.32 Å². The number of carbonyl (C=O) groups excluding carboxylic acids is 1. The molecule has 0 atom stereocenters. The first-order valence-electron chi connectivity index (χ1n) is 6.49. The van der Waals surface area contributed by atoms with Crippen molar-refractivity contribution in [1.29, 1.82) is 0 Å². The molecule has 2 heterocycles. The largest absolute Gasteiger partial charge is 0.359 e. The van der Waals surface area contributed by atoms with E-state index in [1.807, 2.05) is 19.1 Å². The number of hydrogen-bond acceptors (Lipinski definition) is 2. The van der Waals surface area contributed by atoms with Crippen molar-refractivity contribution in [2.75, 3.05) is 0 Å². The second kappa shape index (κ2) is 5.17. The molecular formula is C16H15N3O. The maximum Gasteiger partial charge on any atom is 0.251 e. The number of benzene rings is 1. The molecule has 1 aromatic carbocycles. The molecule has 0 aliphatic carbocycles. The summed E-state index contributed by atoms with van der Waals surface area (Å²) in [5.74, 6) is -0.0854. The van der Waals surface area contributed by atoms with Crippen LogP contribution in [0.25, 0.3) is 10.9 Å². The van der Waals surface area contributed by atoms with E-state index in [0.29, 0.717) is 12.1 Å². The summed E-state index contributed by atoms with van der Waals surface area (Å²) in [6, 6.07) is 11.7. The van der Waals surface area contributed by atoms with Gasteiger partial charge in [-0.3, -0.25) is 9.78 Å². The Kier molecular flexibility index (Phi) is 3.21. The fourth-order valence-electron chi connectivity index (χ4n) is 2.22. The Morgan fingerprint density at radius 2 is 2.00 bits per heavy atom. The van der Waals surface area contributed by atoms with Crippen molar-refractivity contribution >= 4 is 16.8 Å². The normalized spacial score (nSPS) is 10.7. The first kappa shape index (κ1) is 12.4. The lowest BCUT2D eigenvalue weighted by molar-refractivity contribution is 0.0951. The summed E-state index contributed by atoms with van der Waals surface area (Å²) in [7, 11) is 0. The lowest BCUT2D eigenvalue weighted by Gasteiger charge is -2.05. The molecule has 0 aliphatic rings. The third-order valence-corrected chi connectivity index (χ3v) is 3.22. The van der Waals surface area contributed by atoms with Gasteiger partial charge in [-0.2, -0.15) is 0 Å². The molecular weight excluding hydrogens is 250 g/mol. The highest BCUT2D eigenvalue weighted by molar-refractivity contribution is 5.94. The topological polar surface area (TPSA) is 57.8 Å². The summed E-state index contributed by atoms with van der Waals surface area (Å²) < 4.78 is 0. The van der Waals surface area contributed by atoms with Crippen LogP contribution in [0, 0.1) is 6.92 Å². The number of fused-ring (bicyclic) bond motifs is 1. The molecule has 0 saturated carbocycles. The van der Waals surface area contributed by atoms with Gasteiger partial charge < -0.3 is 10.3 Å². The summed E-state index contributed by atoms with van der Waals surface area (Å²) in [5.41, 5.74) is 3.96. The fraction of sp³-hybridized carbons (Fsp3) is 0.125. The molecule has 1 amide bonds. The van der Waals surface area contributed by atoms with Gasteiger partial charge in [-0.05, 0) is 48.2 Å². The highest BCUT2D eigenvalue weighted by Crippen LogP contribution is 2.16. The summed E-state index contributed by atoms with van der Waals surface area (Å²) in [4.78, 5) is 19.1. The molecule has 100 valence electrons. The summed E-state index contributed by atoms with van der Waals surface area (Å²) in [5, 5.41) is 4.07. The number of H-pyrrole nitrogens is 1. The molecule has 4 nitrogen and oxygen atoms in total. The van der Waals surface area contributed by atoms with E-state index in [4.69, 9.17) is 0 Å². The molecule has 0 radical (unpaired) electrons. The third kappa shape index (κ3) is 2.54. The van der Waals surface area contributed by atoms with Gasteiger partial charge in [0.15, 0.2) is 0 Å². The zero-order chi connectivity index (χ0) is 13.9. The lowest BCUT2D eigenvalue weighted by atomic mass is 10.1. The van der Waals surface area contributed by atoms with Crippen LogP contribution in [-0.4, -0.2) is 15.9 Å². The lowest BCUT2D eigenvalue weighted by Crippen LogP contribution is -2.22. The van der Waals surface area contributed by atoms with Gasteiger partial charge in [0.05, 0.1) is 0 Å². The fourth-order valence-corrected chi connectivity index (χ4v) is 2.22. The molecule has 3 aromatic rings. The number of pyridine rings is 1. The molecule has 0 spiro atoms. The highest BCUT2D eigenvalue weighted by Gasteiger charge is 2.05. The Bertz CT molecular complexity index is 747. The number of aromatic amines is 1. The molecule has 2 N–H and O–H groups in total. The van der Waals surface area contributed by atoms with Gasteiger partial charge in [0.1, 0.15) is 0 Å². The van der Waals surface area contributed by atoms with Crippen molar-refractivity contribution in [2.24, 2.45) is 0 Å². The van der Waals surface area contributed by atoms with Gasteiger partial charge in [0.25, 0.3) is 5.91 Å². The molecule has 0 saturated heterocycles. The monoisotopic (exact) mass is 265 g/mol. The van der Waals surface area contributed by atoms with E-state index in [1.54, 1.807) is 24.5 Å². The second-order valence-electron chi connectivity index (χ2n) is 4.79. The van der Waals surface area contributed by atoms with Crippen LogP contribution in [0.4, 0.5) is 0 Å².